The fraction of sp³-hybridized carbons (Fsp3) is 0.0952. The Kier molecular flexibility index (Phi) is 7.20. The maximum absolute atomic E-state index is 12.5. The molecular formula is C21H18Cl2N2O4S. The van der Waals surface area contributed by atoms with Gasteiger partial charge < -0.3 is 10.1 Å². The molecule has 0 aliphatic heterocycles. The molecule has 0 saturated heterocycles. The van der Waals surface area contributed by atoms with Crippen molar-refractivity contribution in [3.63, 3.8) is 0 Å². The van der Waals surface area contributed by atoms with Gasteiger partial charge in [0, 0.05) is 10.7 Å². The van der Waals surface area contributed by atoms with Crippen LogP contribution in [0.2, 0.25) is 10.0 Å². The minimum absolute atomic E-state index is 0.116. The van der Waals surface area contributed by atoms with Crippen molar-refractivity contribution in [3.05, 3.63) is 88.4 Å². The Morgan fingerprint density at radius 2 is 1.63 bits per heavy atom. The molecule has 0 aromatic heterocycles. The highest BCUT2D eigenvalue weighted by molar-refractivity contribution is 7.92. The third kappa shape index (κ3) is 5.89. The highest BCUT2D eigenvalue weighted by Gasteiger charge is 2.16. The van der Waals surface area contributed by atoms with Crippen LogP contribution in [0.15, 0.2) is 77.7 Å². The molecule has 0 aliphatic rings. The SMILES string of the molecule is O=C(NCCOc1ccc(Cl)cc1)c1cc(NS(=O)(=O)c2ccccc2)ccc1Cl. The second-order valence-electron chi connectivity index (χ2n) is 6.17. The minimum atomic E-state index is -3.78. The monoisotopic (exact) mass is 464 g/mol. The standard InChI is InChI=1S/C21H18Cl2N2O4S/c22-15-6-9-17(10-7-15)29-13-12-24-21(26)19-14-16(8-11-20(19)23)25-30(27,28)18-4-2-1-3-5-18/h1-11,14,25H,12-13H2,(H,24,26). The lowest BCUT2D eigenvalue weighted by molar-refractivity contribution is 0.0947. The second kappa shape index (κ2) is 9.84. The first-order valence-corrected chi connectivity index (χ1v) is 11.1. The Bertz CT molecular complexity index is 1120. The number of hydrogen-bond donors (Lipinski definition) is 2. The number of anilines is 1. The number of benzene rings is 3. The molecule has 0 spiro atoms. The van der Waals surface area contributed by atoms with Crippen LogP contribution in [0.3, 0.4) is 0 Å². The Labute approximate surface area is 184 Å². The van der Waals surface area contributed by atoms with Crippen molar-refractivity contribution >= 4 is 44.8 Å². The summed E-state index contributed by atoms with van der Waals surface area (Å²) in [6, 6.07) is 19.1. The Morgan fingerprint density at radius 1 is 0.933 bits per heavy atom. The quantitative estimate of drug-likeness (QED) is 0.476. The van der Waals surface area contributed by atoms with Gasteiger partial charge in [-0.25, -0.2) is 8.42 Å². The van der Waals surface area contributed by atoms with Gasteiger partial charge in [0.15, 0.2) is 0 Å². The van der Waals surface area contributed by atoms with Gasteiger partial charge in [-0.1, -0.05) is 41.4 Å². The van der Waals surface area contributed by atoms with Crippen molar-refractivity contribution in [2.75, 3.05) is 17.9 Å². The van der Waals surface area contributed by atoms with E-state index in [0.29, 0.717) is 10.8 Å². The van der Waals surface area contributed by atoms with Crippen LogP contribution in [-0.4, -0.2) is 27.5 Å². The van der Waals surface area contributed by atoms with Crippen LogP contribution in [0.4, 0.5) is 5.69 Å². The smallest absolute Gasteiger partial charge is 0.261 e. The van der Waals surface area contributed by atoms with Gasteiger partial charge in [-0.3, -0.25) is 9.52 Å². The highest BCUT2D eigenvalue weighted by atomic mass is 35.5. The van der Waals surface area contributed by atoms with E-state index in [0.717, 1.165) is 0 Å². The highest BCUT2D eigenvalue weighted by Crippen LogP contribution is 2.23. The third-order valence-electron chi connectivity index (χ3n) is 3.99. The minimum Gasteiger partial charge on any atom is -0.492 e. The number of nitrogens with one attached hydrogen (secondary N) is 2. The zero-order valence-corrected chi connectivity index (χ0v) is 18.0. The molecule has 2 N–H and O–H groups in total. The molecule has 0 bridgehead atoms. The van der Waals surface area contributed by atoms with E-state index in [1.807, 2.05) is 0 Å². The number of carbonyl (C=O) groups is 1. The lowest BCUT2D eigenvalue weighted by Gasteiger charge is -2.12. The van der Waals surface area contributed by atoms with E-state index >= 15 is 0 Å². The summed E-state index contributed by atoms with van der Waals surface area (Å²) in [5, 5.41) is 3.50. The van der Waals surface area contributed by atoms with E-state index in [1.54, 1.807) is 42.5 Å². The summed E-state index contributed by atoms with van der Waals surface area (Å²) in [6.07, 6.45) is 0. The third-order valence-corrected chi connectivity index (χ3v) is 5.97. The number of ether oxygens (including phenoxy) is 1. The van der Waals surface area contributed by atoms with Crippen molar-refractivity contribution in [3.8, 4) is 5.75 Å². The van der Waals surface area contributed by atoms with Gasteiger partial charge in [0.05, 0.1) is 22.0 Å². The molecule has 6 nitrogen and oxygen atoms in total. The van der Waals surface area contributed by atoms with Crippen LogP contribution >= 0.6 is 23.2 Å². The topological polar surface area (TPSA) is 84.5 Å². The van der Waals surface area contributed by atoms with Gasteiger partial charge in [0.1, 0.15) is 12.4 Å². The summed E-state index contributed by atoms with van der Waals surface area (Å²) in [5.41, 5.74) is 0.377. The number of hydrogen-bond acceptors (Lipinski definition) is 4. The Balaban J connectivity index is 1.61. The molecule has 0 radical (unpaired) electrons. The molecular weight excluding hydrogens is 447 g/mol. The number of sulfonamides is 1. The largest absolute Gasteiger partial charge is 0.492 e. The lowest BCUT2D eigenvalue weighted by atomic mass is 10.2. The van der Waals surface area contributed by atoms with E-state index in [9.17, 15) is 13.2 Å². The van der Waals surface area contributed by atoms with E-state index in [4.69, 9.17) is 27.9 Å². The van der Waals surface area contributed by atoms with Gasteiger partial charge in [0.25, 0.3) is 15.9 Å². The molecule has 1 amide bonds. The first kappa shape index (κ1) is 22.0. The summed E-state index contributed by atoms with van der Waals surface area (Å²) < 4.78 is 32.9. The summed E-state index contributed by atoms with van der Waals surface area (Å²) in [5.74, 6) is 0.185. The number of rotatable bonds is 8. The van der Waals surface area contributed by atoms with Crippen LogP contribution in [0.1, 0.15) is 10.4 Å². The number of halogens is 2. The van der Waals surface area contributed by atoms with Gasteiger partial charge in [-0.15, -0.1) is 0 Å². The van der Waals surface area contributed by atoms with Crippen molar-refractivity contribution in [2.24, 2.45) is 0 Å². The normalized spacial score (nSPS) is 11.0. The van der Waals surface area contributed by atoms with Crippen LogP contribution in [0.25, 0.3) is 0 Å². The molecule has 9 heteroatoms. The van der Waals surface area contributed by atoms with E-state index < -0.39 is 15.9 Å². The Hall–Kier alpha value is -2.74. The fourth-order valence-electron chi connectivity index (χ4n) is 2.54. The maximum atomic E-state index is 12.5. The summed E-state index contributed by atoms with van der Waals surface area (Å²) in [6.45, 7) is 0.475. The number of carbonyl (C=O) groups excluding carboxylic acids is 1. The summed E-state index contributed by atoms with van der Waals surface area (Å²) in [7, 11) is -3.78. The predicted octanol–water partition coefficient (Wildman–Crippen LogP) is 4.60. The van der Waals surface area contributed by atoms with Crippen LogP contribution < -0.4 is 14.8 Å². The summed E-state index contributed by atoms with van der Waals surface area (Å²) >= 11 is 11.9. The molecule has 30 heavy (non-hydrogen) atoms. The molecule has 0 unspecified atom stereocenters. The molecule has 0 fully saturated rings. The van der Waals surface area contributed by atoms with Crippen LogP contribution in [-0.2, 0) is 10.0 Å². The van der Waals surface area contributed by atoms with Crippen molar-refractivity contribution in [1.82, 2.24) is 5.32 Å². The molecule has 3 aromatic carbocycles. The second-order valence-corrected chi connectivity index (χ2v) is 8.70. The van der Waals surface area contributed by atoms with Crippen molar-refractivity contribution < 1.29 is 17.9 Å². The van der Waals surface area contributed by atoms with Crippen LogP contribution in [0.5, 0.6) is 5.75 Å². The molecule has 0 aliphatic carbocycles. The van der Waals surface area contributed by atoms with Gasteiger partial charge >= 0.3 is 0 Å². The first-order valence-electron chi connectivity index (χ1n) is 8.89. The van der Waals surface area contributed by atoms with Gasteiger partial charge in [-0.05, 0) is 54.6 Å². The first-order chi connectivity index (χ1) is 14.3. The lowest BCUT2D eigenvalue weighted by Crippen LogP contribution is -2.28. The van der Waals surface area contributed by atoms with Gasteiger partial charge in [0.2, 0.25) is 0 Å². The molecule has 0 saturated carbocycles. The molecule has 156 valence electrons. The number of amides is 1. The zero-order valence-electron chi connectivity index (χ0n) is 15.6. The predicted molar refractivity (Wildman–Crippen MR) is 118 cm³/mol. The average Bonchev–Trinajstić information content (AvgIpc) is 2.74. The van der Waals surface area contributed by atoms with E-state index in [1.165, 1.54) is 30.3 Å². The zero-order chi connectivity index (χ0) is 21.6. The fourth-order valence-corrected chi connectivity index (χ4v) is 3.94. The van der Waals surface area contributed by atoms with Crippen molar-refractivity contribution in [2.45, 2.75) is 4.90 Å². The van der Waals surface area contributed by atoms with Crippen molar-refractivity contribution in [1.29, 1.82) is 0 Å². The van der Waals surface area contributed by atoms with Gasteiger partial charge in [-0.2, -0.15) is 0 Å². The van der Waals surface area contributed by atoms with Crippen LogP contribution in [0, 0.1) is 0 Å². The molecule has 3 aromatic rings. The molecule has 3 rings (SSSR count). The molecule has 0 heterocycles. The average molecular weight is 465 g/mol. The van der Waals surface area contributed by atoms with E-state index in [2.05, 4.69) is 10.0 Å². The Morgan fingerprint density at radius 3 is 2.33 bits per heavy atom. The van der Waals surface area contributed by atoms with E-state index in [-0.39, 0.29) is 34.3 Å². The maximum Gasteiger partial charge on any atom is 0.261 e. The summed E-state index contributed by atoms with van der Waals surface area (Å²) in [4.78, 5) is 12.6. The molecule has 0 atom stereocenters.